The van der Waals surface area contributed by atoms with E-state index in [2.05, 4.69) is 43.4 Å². The second-order valence-corrected chi connectivity index (χ2v) is 5.17. The van der Waals surface area contributed by atoms with Crippen molar-refractivity contribution in [1.29, 1.82) is 0 Å². The van der Waals surface area contributed by atoms with Gasteiger partial charge in [-0.2, -0.15) is 0 Å². The van der Waals surface area contributed by atoms with Gasteiger partial charge in [-0.3, -0.25) is 0 Å². The van der Waals surface area contributed by atoms with Crippen LogP contribution in [-0.4, -0.2) is 6.61 Å². The Balaban J connectivity index is 2.23. The summed E-state index contributed by atoms with van der Waals surface area (Å²) in [4.78, 5) is 0. The van der Waals surface area contributed by atoms with Crippen molar-refractivity contribution in [2.24, 2.45) is 0 Å². The molecule has 0 fully saturated rings. The third-order valence-electron chi connectivity index (χ3n) is 3.35. The zero-order valence-electron chi connectivity index (χ0n) is 12.9. The molecule has 0 aliphatic carbocycles. The van der Waals surface area contributed by atoms with E-state index in [4.69, 9.17) is 9.15 Å². The molecule has 0 aliphatic rings. The zero-order chi connectivity index (χ0) is 14.7. The molecule has 1 aromatic heterocycles. The van der Waals surface area contributed by atoms with Gasteiger partial charge in [-0.05, 0) is 58.4 Å². The maximum atomic E-state index is 5.70. The molecule has 0 saturated heterocycles. The molecule has 0 bridgehead atoms. The second-order valence-electron chi connectivity index (χ2n) is 5.17. The van der Waals surface area contributed by atoms with Crippen LogP contribution in [0.25, 0.3) is 0 Å². The number of furan rings is 1. The van der Waals surface area contributed by atoms with Crippen molar-refractivity contribution in [2.75, 3.05) is 11.9 Å². The van der Waals surface area contributed by atoms with Crippen LogP contribution in [0.1, 0.15) is 42.5 Å². The average molecular weight is 273 g/mol. The van der Waals surface area contributed by atoms with Crippen LogP contribution in [0.15, 0.2) is 28.7 Å². The zero-order valence-corrected chi connectivity index (χ0v) is 12.9. The van der Waals surface area contributed by atoms with Crippen LogP contribution >= 0.6 is 0 Å². The standard InChI is InChI=1S/C17H23NO2/c1-6-19-17-9-11(2)7-8-16(17)18-13(4)15-10-12(3)20-14(15)5/h7-10,13,18H,6H2,1-5H3. The fraction of sp³-hybridized carbons (Fsp3) is 0.412. The van der Waals surface area contributed by atoms with Crippen LogP contribution in [0.5, 0.6) is 5.75 Å². The van der Waals surface area contributed by atoms with Gasteiger partial charge in [-0.1, -0.05) is 6.07 Å². The number of benzene rings is 1. The molecule has 3 nitrogen and oxygen atoms in total. The molecule has 2 rings (SSSR count). The fourth-order valence-electron chi connectivity index (χ4n) is 2.42. The molecule has 2 aromatic rings. The van der Waals surface area contributed by atoms with E-state index in [-0.39, 0.29) is 6.04 Å². The number of nitrogens with one attached hydrogen (secondary N) is 1. The number of hydrogen-bond donors (Lipinski definition) is 1. The molecule has 0 amide bonds. The normalized spacial score (nSPS) is 12.2. The first-order valence-electron chi connectivity index (χ1n) is 7.08. The molecular formula is C17H23NO2. The van der Waals surface area contributed by atoms with Gasteiger partial charge in [0.1, 0.15) is 17.3 Å². The third kappa shape index (κ3) is 3.16. The molecule has 0 spiro atoms. The lowest BCUT2D eigenvalue weighted by Crippen LogP contribution is -2.08. The Kier molecular flexibility index (Phi) is 4.38. The van der Waals surface area contributed by atoms with Gasteiger partial charge in [0.2, 0.25) is 0 Å². The van der Waals surface area contributed by atoms with E-state index in [9.17, 15) is 0 Å². The van der Waals surface area contributed by atoms with E-state index in [0.717, 1.165) is 23.0 Å². The Bertz CT molecular complexity index is 587. The van der Waals surface area contributed by atoms with Crippen molar-refractivity contribution >= 4 is 5.69 Å². The van der Waals surface area contributed by atoms with Gasteiger partial charge in [0, 0.05) is 5.56 Å². The Morgan fingerprint density at radius 1 is 1.20 bits per heavy atom. The molecule has 1 N–H and O–H groups in total. The highest BCUT2D eigenvalue weighted by atomic mass is 16.5. The largest absolute Gasteiger partial charge is 0.492 e. The molecular weight excluding hydrogens is 250 g/mol. The molecule has 1 aromatic carbocycles. The minimum Gasteiger partial charge on any atom is -0.492 e. The monoisotopic (exact) mass is 273 g/mol. The number of hydrogen-bond acceptors (Lipinski definition) is 3. The summed E-state index contributed by atoms with van der Waals surface area (Å²) in [6.07, 6.45) is 0. The number of aryl methyl sites for hydroxylation is 3. The van der Waals surface area contributed by atoms with Crippen molar-refractivity contribution in [3.8, 4) is 5.75 Å². The van der Waals surface area contributed by atoms with Gasteiger partial charge in [0.25, 0.3) is 0 Å². The van der Waals surface area contributed by atoms with Crippen molar-refractivity contribution in [3.05, 3.63) is 46.9 Å². The first kappa shape index (κ1) is 14.5. The van der Waals surface area contributed by atoms with Crippen molar-refractivity contribution in [1.82, 2.24) is 0 Å². The van der Waals surface area contributed by atoms with E-state index in [1.54, 1.807) is 0 Å². The summed E-state index contributed by atoms with van der Waals surface area (Å²) in [6.45, 7) is 10.8. The molecule has 1 unspecified atom stereocenters. The molecule has 1 atom stereocenters. The highest BCUT2D eigenvalue weighted by Crippen LogP contribution is 2.31. The third-order valence-corrected chi connectivity index (χ3v) is 3.35. The highest BCUT2D eigenvalue weighted by Gasteiger charge is 2.14. The molecule has 0 radical (unpaired) electrons. The summed E-state index contributed by atoms with van der Waals surface area (Å²) in [6, 6.07) is 8.48. The van der Waals surface area contributed by atoms with Gasteiger partial charge in [-0.25, -0.2) is 0 Å². The van der Waals surface area contributed by atoms with Crippen LogP contribution in [-0.2, 0) is 0 Å². The van der Waals surface area contributed by atoms with Crippen LogP contribution in [0.2, 0.25) is 0 Å². The van der Waals surface area contributed by atoms with E-state index in [1.165, 1.54) is 11.1 Å². The van der Waals surface area contributed by atoms with E-state index in [0.29, 0.717) is 6.61 Å². The first-order chi connectivity index (χ1) is 9.51. The van der Waals surface area contributed by atoms with E-state index in [1.807, 2.05) is 20.8 Å². The molecule has 3 heteroatoms. The lowest BCUT2D eigenvalue weighted by atomic mass is 10.1. The maximum Gasteiger partial charge on any atom is 0.142 e. The van der Waals surface area contributed by atoms with Gasteiger partial charge >= 0.3 is 0 Å². The van der Waals surface area contributed by atoms with Crippen molar-refractivity contribution in [3.63, 3.8) is 0 Å². The molecule has 0 saturated carbocycles. The highest BCUT2D eigenvalue weighted by molar-refractivity contribution is 5.58. The summed E-state index contributed by atoms with van der Waals surface area (Å²) in [5.41, 5.74) is 3.40. The van der Waals surface area contributed by atoms with Crippen LogP contribution in [0.4, 0.5) is 5.69 Å². The Morgan fingerprint density at radius 2 is 1.95 bits per heavy atom. The maximum absolute atomic E-state index is 5.70. The molecule has 1 heterocycles. The van der Waals surface area contributed by atoms with Gasteiger partial charge in [0.15, 0.2) is 0 Å². The fourth-order valence-corrected chi connectivity index (χ4v) is 2.42. The van der Waals surface area contributed by atoms with Crippen LogP contribution < -0.4 is 10.1 Å². The molecule has 20 heavy (non-hydrogen) atoms. The minimum absolute atomic E-state index is 0.175. The summed E-state index contributed by atoms with van der Waals surface area (Å²) < 4.78 is 11.3. The Hall–Kier alpha value is -1.90. The quantitative estimate of drug-likeness (QED) is 0.851. The van der Waals surface area contributed by atoms with Gasteiger partial charge < -0.3 is 14.5 Å². The summed E-state index contributed by atoms with van der Waals surface area (Å²) in [5, 5.41) is 3.51. The Morgan fingerprint density at radius 3 is 2.55 bits per heavy atom. The van der Waals surface area contributed by atoms with Crippen molar-refractivity contribution < 1.29 is 9.15 Å². The molecule has 0 aliphatic heterocycles. The molecule has 108 valence electrons. The predicted octanol–water partition coefficient (Wildman–Crippen LogP) is 4.78. The lowest BCUT2D eigenvalue weighted by Gasteiger charge is -2.18. The van der Waals surface area contributed by atoms with Gasteiger partial charge in [0.05, 0.1) is 18.3 Å². The second kappa shape index (κ2) is 6.04. The van der Waals surface area contributed by atoms with Crippen LogP contribution in [0, 0.1) is 20.8 Å². The number of rotatable bonds is 5. The Labute approximate surface area is 121 Å². The predicted molar refractivity (Wildman–Crippen MR) is 82.6 cm³/mol. The van der Waals surface area contributed by atoms with Crippen molar-refractivity contribution in [2.45, 2.75) is 40.7 Å². The number of anilines is 1. The first-order valence-corrected chi connectivity index (χ1v) is 7.08. The minimum atomic E-state index is 0.175. The SMILES string of the molecule is CCOc1cc(C)ccc1NC(C)c1cc(C)oc1C. The average Bonchev–Trinajstić information content (AvgIpc) is 2.72. The topological polar surface area (TPSA) is 34.4 Å². The number of ether oxygens (including phenoxy) is 1. The lowest BCUT2D eigenvalue weighted by molar-refractivity contribution is 0.341. The summed E-state index contributed by atoms with van der Waals surface area (Å²) in [7, 11) is 0. The summed E-state index contributed by atoms with van der Waals surface area (Å²) in [5.74, 6) is 2.81. The smallest absolute Gasteiger partial charge is 0.142 e. The van der Waals surface area contributed by atoms with E-state index >= 15 is 0 Å². The summed E-state index contributed by atoms with van der Waals surface area (Å²) >= 11 is 0. The van der Waals surface area contributed by atoms with Crippen LogP contribution in [0.3, 0.4) is 0 Å². The van der Waals surface area contributed by atoms with Gasteiger partial charge in [-0.15, -0.1) is 0 Å². The van der Waals surface area contributed by atoms with E-state index < -0.39 is 0 Å².